The highest BCUT2D eigenvalue weighted by Crippen LogP contribution is 2.37. The fourth-order valence-corrected chi connectivity index (χ4v) is 2.44. The van der Waals surface area contributed by atoms with E-state index in [4.69, 9.17) is 14.9 Å². The average molecular weight is 283 g/mol. The molecule has 19 heavy (non-hydrogen) atoms. The summed E-state index contributed by atoms with van der Waals surface area (Å²) in [7, 11) is -4.21. The van der Waals surface area contributed by atoms with E-state index in [2.05, 4.69) is 5.32 Å². The van der Waals surface area contributed by atoms with Crippen LogP contribution in [0.5, 0.6) is 0 Å². The number of carboxylic acid groups (broad SMARTS) is 1. The Bertz CT molecular complexity index is 577. The molecule has 102 valence electrons. The summed E-state index contributed by atoms with van der Waals surface area (Å²) in [6.07, 6.45) is 1.65. The van der Waals surface area contributed by atoms with Gasteiger partial charge in [0, 0.05) is 12.4 Å². The van der Waals surface area contributed by atoms with Crippen molar-refractivity contribution in [2.45, 2.75) is 19.0 Å². The second-order valence-electron chi connectivity index (χ2n) is 4.37. The molecule has 4 N–H and O–H groups in total. The minimum atomic E-state index is -4.21. The Labute approximate surface area is 109 Å². The monoisotopic (exact) mass is 283 g/mol. The van der Waals surface area contributed by atoms with Crippen LogP contribution >= 0.6 is 7.60 Å². The largest absolute Gasteiger partial charge is 0.480 e. The quantitative estimate of drug-likeness (QED) is 0.615. The normalized spacial score (nSPS) is 19.4. The third-order valence-corrected chi connectivity index (χ3v) is 3.54. The Morgan fingerprint density at radius 2 is 2.16 bits per heavy atom. The zero-order chi connectivity index (χ0) is 14.0. The predicted octanol–water partition coefficient (Wildman–Crippen LogP) is 0.934. The molecular weight excluding hydrogens is 269 g/mol. The fourth-order valence-electron chi connectivity index (χ4n) is 2.09. The van der Waals surface area contributed by atoms with Crippen molar-refractivity contribution in [2.75, 3.05) is 0 Å². The van der Waals surface area contributed by atoms with Crippen LogP contribution in [-0.2, 0) is 22.3 Å². The predicted molar refractivity (Wildman–Crippen MR) is 69.5 cm³/mol. The SMILES string of the molecule is O=C(O)C1Cc2c(C=CP(=O)(O)O)cccc2CN1. The Morgan fingerprint density at radius 3 is 2.79 bits per heavy atom. The maximum absolute atomic E-state index is 11.0. The maximum atomic E-state index is 11.0. The first-order valence-electron chi connectivity index (χ1n) is 5.68. The zero-order valence-corrected chi connectivity index (χ0v) is 10.9. The van der Waals surface area contributed by atoms with E-state index in [1.807, 2.05) is 6.07 Å². The molecule has 0 aromatic heterocycles. The Hall–Kier alpha value is -1.46. The summed E-state index contributed by atoms with van der Waals surface area (Å²) >= 11 is 0. The Morgan fingerprint density at radius 1 is 1.42 bits per heavy atom. The maximum Gasteiger partial charge on any atom is 0.349 e. The molecule has 1 aliphatic heterocycles. The lowest BCUT2D eigenvalue weighted by molar-refractivity contribution is -0.139. The van der Waals surface area contributed by atoms with Crippen LogP contribution in [0.2, 0.25) is 0 Å². The number of carbonyl (C=O) groups is 1. The summed E-state index contributed by atoms with van der Waals surface area (Å²) in [5, 5.41) is 11.9. The minimum absolute atomic E-state index is 0.298. The molecule has 2 rings (SSSR count). The fraction of sp³-hybridized carbons (Fsp3) is 0.250. The van der Waals surface area contributed by atoms with Gasteiger partial charge < -0.3 is 20.2 Å². The molecule has 0 fully saturated rings. The second kappa shape index (κ2) is 5.27. The van der Waals surface area contributed by atoms with Crippen LogP contribution < -0.4 is 5.32 Å². The first kappa shape index (κ1) is 14.0. The van der Waals surface area contributed by atoms with Crippen molar-refractivity contribution >= 4 is 19.6 Å². The van der Waals surface area contributed by atoms with Crippen molar-refractivity contribution in [2.24, 2.45) is 0 Å². The van der Waals surface area contributed by atoms with Crippen LogP contribution in [-0.4, -0.2) is 26.9 Å². The lowest BCUT2D eigenvalue weighted by Gasteiger charge is -2.24. The Balaban J connectivity index is 2.35. The molecule has 0 bridgehead atoms. The van der Waals surface area contributed by atoms with Crippen LogP contribution in [0, 0.1) is 0 Å². The van der Waals surface area contributed by atoms with Gasteiger partial charge >= 0.3 is 13.6 Å². The first-order valence-corrected chi connectivity index (χ1v) is 7.36. The molecule has 1 aromatic rings. The molecule has 1 aliphatic rings. The number of fused-ring (bicyclic) bond motifs is 1. The smallest absolute Gasteiger partial charge is 0.349 e. The van der Waals surface area contributed by atoms with Gasteiger partial charge in [0.2, 0.25) is 0 Å². The molecule has 0 amide bonds. The van der Waals surface area contributed by atoms with Gasteiger partial charge in [-0.05, 0) is 29.2 Å². The Kier molecular flexibility index (Phi) is 3.87. The molecule has 0 saturated carbocycles. The summed E-state index contributed by atoms with van der Waals surface area (Å²) in [6, 6.07) is 4.70. The zero-order valence-electron chi connectivity index (χ0n) is 9.98. The van der Waals surface area contributed by atoms with Gasteiger partial charge in [0.05, 0.1) is 0 Å². The molecule has 0 spiro atoms. The molecular formula is C12H14NO5P. The van der Waals surface area contributed by atoms with Crippen molar-refractivity contribution in [3.05, 3.63) is 40.7 Å². The van der Waals surface area contributed by atoms with E-state index in [1.165, 1.54) is 6.08 Å². The second-order valence-corrected chi connectivity index (χ2v) is 5.84. The van der Waals surface area contributed by atoms with Crippen molar-refractivity contribution < 1.29 is 24.3 Å². The van der Waals surface area contributed by atoms with E-state index in [0.29, 0.717) is 18.5 Å². The summed E-state index contributed by atoms with van der Waals surface area (Å²) in [5.41, 5.74) is 2.41. The van der Waals surface area contributed by atoms with E-state index in [0.717, 1.165) is 16.9 Å². The molecule has 1 atom stereocenters. The van der Waals surface area contributed by atoms with E-state index in [9.17, 15) is 9.36 Å². The van der Waals surface area contributed by atoms with Crippen molar-refractivity contribution in [1.82, 2.24) is 5.32 Å². The average Bonchev–Trinajstić information content (AvgIpc) is 2.34. The molecule has 0 radical (unpaired) electrons. The van der Waals surface area contributed by atoms with Gasteiger partial charge in [-0.25, -0.2) is 0 Å². The first-order chi connectivity index (χ1) is 8.87. The highest BCUT2D eigenvalue weighted by atomic mass is 31.2. The van der Waals surface area contributed by atoms with E-state index < -0.39 is 19.6 Å². The van der Waals surface area contributed by atoms with Gasteiger partial charge in [-0.3, -0.25) is 9.36 Å². The third-order valence-electron chi connectivity index (χ3n) is 3.00. The van der Waals surface area contributed by atoms with E-state index in [-0.39, 0.29) is 0 Å². The van der Waals surface area contributed by atoms with Crippen molar-refractivity contribution in [3.8, 4) is 0 Å². The van der Waals surface area contributed by atoms with Crippen LogP contribution in [0.1, 0.15) is 16.7 Å². The molecule has 1 heterocycles. The van der Waals surface area contributed by atoms with Crippen molar-refractivity contribution in [3.63, 3.8) is 0 Å². The van der Waals surface area contributed by atoms with Gasteiger partial charge in [0.25, 0.3) is 0 Å². The molecule has 6 nitrogen and oxygen atoms in total. The number of carboxylic acids is 1. The third kappa shape index (κ3) is 3.52. The topological polar surface area (TPSA) is 107 Å². The van der Waals surface area contributed by atoms with Gasteiger partial charge in [-0.15, -0.1) is 0 Å². The standard InChI is InChI=1S/C12H14NO5P/c14-12(15)11-6-10-8(4-5-19(16,17)18)2-1-3-9(10)7-13-11/h1-5,11,13H,6-7H2,(H,14,15)(H2,16,17,18). The number of hydrogen-bond acceptors (Lipinski definition) is 3. The minimum Gasteiger partial charge on any atom is -0.480 e. The summed E-state index contributed by atoms with van der Waals surface area (Å²) in [5.74, 6) is -0.0973. The van der Waals surface area contributed by atoms with E-state index >= 15 is 0 Å². The molecule has 1 unspecified atom stereocenters. The summed E-state index contributed by atoms with van der Waals surface area (Å²) in [4.78, 5) is 28.7. The van der Waals surface area contributed by atoms with Gasteiger partial charge in [-0.1, -0.05) is 18.2 Å². The lowest BCUT2D eigenvalue weighted by Crippen LogP contribution is -2.41. The summed E-state index contributed by atoms with van der Waals surface area (Å²) < 4.78 is 10.8. The van der Waals surface area contributed by atoms with Gasteiger partial charge in [-0.2, -0.15) is 0 Å². The lowest BCUT2D eigenvalue weighted by atomic mass is 9.91. The number of hydrogen-bond donors (Lipinski definition) is 4. The van der Waals surface area contributed by atoms with Crippen LogP contribution in [0.3, 0.4) is 0 Å². The molecule has 0 aliphatic carbocycles. The summed E-state index contributed by atoms with van der Waals surface area (Å²) in [6.45, 7) is 0.434. The number of benzene rings is 1. The number of rotatable bonds is 3. The van der Waals surface area contributed by atoms with Crippen LogP contribution in [0.4, 0.5) is 0 Å². The highest BCUT2D eigenvalue weighted by Gasteiger charge is 2.24. The number of nitrogens with one attached hydrogen (secondary N) is 1. The molecule has 7 heteroatoms. The molecule has 0 saturated heterocycles. The van der Waals surface area contributed by atoms with E-state index in [1.54, 1.807) is 12.1 Å². The van der Waals surface area contributed by atoms with Gasteiger partial charge in [0.15, 0.2) is 0 Å². The van der Waals surface area contributed by atoms with Gasteiger partial charge in [0.1, 0.15) is 6.04 Å². The van der Waals surface area contributed by atoms with Crippen molar-refractivity contribution in [1.29, 1.82) is 0 Å². The highest BCUT2D eigenvalue weighted by molar-refractivity contribution is 7.55. The number of aliphatic carboxylic acids is 1. The van der Waals surface area contributed by atoms with Crippen LogP contribution in [0.15, 0.2) is 24.0 Å². The van der Waals surface area contributed by atoms with Crippen LogP contribution in [0.25, 0.3) is 6.08 Å². The molecule has 1 aromatic carbocycles.